The van der Waals surface area contributed by atoms with E-state index in [-0.39, 0.29) is 53.0 Å². The van der Waals surface area contributed by atoms with E-state index in [0.29, 0.717) is 0 Å². The van der Waals surface area contributed by atoms with E-state index in [1.165, 1.54) is 0 Å². The van der Waals surface area contributed by atoms with E-state index in [1.807, 2.05) is 0 Å². The van der Waals surface area contributed by atoms with Crippen LogP contribution in [0.4, 0.5) is 0 Å². The van der Waals surface area contributed by atoms with Crippen LogP contribution in [0.25, 0.3) is 0 Å². The molecule has 0 saturated carbocycles. The van der Waals surface area contributed by atoms with Gasteiger partial charge in [-0.2, -0.15) is 0 Å². The molecule has 0 aromatic heterocycles. The average molecular weight is 253 g/mol. The summed E-state index contributed by atoms with van der Waals surface area (Å²) >= 11 is 2.22. The van der Waals surface area contributed by atoms with Crippen LogP contribution in [-0.2, 0) is 54.3 Å². The second-order valence-electron chi connectivity index (χ2n) is 0.417. The first-order valence-electron chi connectivity index (χ1n) is 0.706. The molecule has 0 unspecified atom stereocenters. The maximum atomic E-state index is 8.99. The van der Waals surface area contributed by atoms with E-state index >= 15 is 0 Å². The molecule has 0 aliphatic carbocycles. The van der Waals surface area contributed by atoms with Crippen LogP contribution in [0.1, 0.15) is 0 Å². The predicted octanol–water partition coefficient (Wildman–Crippen LogP) is -4.64. The first-order chi connectivity index (χ1) is 2.00. The fourth-order valence-electron chi connectivity index (χ4n) is 0. The van der Waals surface area contributed by atoms with Gasteiger partial charge in [0.15, 0.2) is 0 Å². The predicted molar refractivity (Wildman–Crippen MR) is 7.61 cm³/mol. The molecule has 8 heavy (non-hydrogen) atoms. The van der Waals surface area contributed by atoms with Crippen molar-refractivity contribution in [1.82, 2.24) is 0 Å². The molecule has 0 rings (SSSR count). The van der Waals surface area contributed by atoms with E-state index < -0.39 is 6.29 Å². The zero-order valence-corrected chi connectivity index (χ0v) is 8.04. The molecule has 0 bridgehead atoms. The Bertz CT molecular complexity index is 63.4. The van der Waals surface area contributed by atoms with Crippen LogP contribution in [0.3, 0.4) is 0 Å². The summed E-state index contributed by atoms with van der Waals surface area (Å²) in [4.78, 5) is 18.0. The van der Waals surface area contributed by atoms with E-state index in [0.717, 1.165) is 0 Å². The molecule has 8 heteroatoms. The van der Waals surface area contributed by atoms with E-state index in [9.17, 15) is 0 Å². The first-order valence-corrected chi connectivity index (χ1v) is 3.60. The molecule has 0 aromatic carbocycles. The minimum atomic E-state index is -4.39. The Morgan fingerprint density at radius 1 is 1.38 bits per heavy atom. The van der Waals surface area contributed by atoms with Crippen molar-refractivity contribution < 1.29 is 82.9 Å². The fraction of sp³-hybridized carbons (Fsp3) is 0. The van der Waals surface area contributed by atoms with Gasteiger partial charge in [-0.25, -0.2) is 0 Å². The van der Waals surface area contributed by atoms with Gasteiger partial charge in [-0.1, -0.05) is 0 Å². The molecule has 0 atom stereocenters. The summed E-state index contributed by atoms with van der Waals surface area (Å²) in [6.07, 6.45) is -4.39. The van der Waals surface area contributed by atoms with Crippen molar-refractivity contribution in [3.63, 3.8) is 0 Å². The minimum Gasteiger partial charge on any atom is 0 e. The topological polar surface area (TPSA) is 63.2 Å². The van der Waals surface area contributed by atoms with Crippen molar-refractivity contribution in [2.45, 2.75) is 0 Å². The van der Waals surface area contributed by atoms with Crippen LogP contribution in [-0.4, -0.2) is 0 Å². The van der Waals surface area contributed by atoms with Crippen LogP contribution in [0.5, 0.6) is 0 Å². The third-order valence-corrected chi connectivity index (χ3v) is 0. The van der Waals surface area contributed by atoms with Gasteiger partial charge in [0, 0.05) is 17.1 Å². The fourth-order valence-corrected chi connectivity index (χ4v) is 0. The van der Waals surface area contributed by atoms with E-state index in [1.54, 1.807) is 0 Å². The molecular weight excluding hydrogens is 253 g/mol. The van der Waals surface area contributed by atoms with Gasteiger partial charge in [0.2, 0.25) is 0 Å². The second-order valence-corrected chi connectivity index (χ2v) is 3.07. The van der Waals surface area contributed by atoms with Crippen LogP contribution in [0.2, 0.25) is 0 Å². The van der Waals surface area contributed by atoms with Crippen molar-refractivity contribution in [2.24, 2.45) is 0 Å². The Labute approximate surface area is 88.5 Å². The third kappa shape index (κ3) is 83.4. The van der Waals surface area contributed by atoms with Gasteiger partial charge >= 0.3 is 72.1 Å². The Morgan fingerprint density at radius 2 is 1.38 bits per heavy atom. The maximum absolute atomic E-state index is 8.99. The number of hydrogen-bond donors (Lipinski definition) is 0. The molecule has 0 aromatic rings. The third-order valence-electron chi connectivity index (χ3n) is 0. The van der Waals surface area contributed by atoms with Crippen molar-refractivity contribution >= 4 is 6.29 Å². The molecular formula is Fe2LiMnO3P. The largest absolute Gasteiger partial charge is 2.00 e. The SMILES string of the molecule is O=[P]([O-])([O-])[Fe-].[Fe].[Li+].[Mn+2]. The van der Waals surface area contributed by atoms with E-state index in [4.69, 9.17) is 14.4 Å². The molecule has 0 saturated heterocycles. The van der Waals surface area contributed by atoms with Crippen LogP contribution in [0.15, 0.2) is 0 Å². The minimum absolute atomic E-state index is 0. The maximum Gasteiger partial charge on any atom is 2.00 e. The van der Waals surface area contributed by atoms with Gasteiger partial charge in [0.25, 0.3) is 0 Å². The second kappa shape index (κ2) is 9.31. The summed E-state index contributed by atoms with van der Waals surface area (Å²) in [7, 11) is 0. The Kier molecular flexibility index (Phi) is 26.1. The van der Waals surface area contributed by atoms with Gasteiger partial charge < -0.3 is 0 Å². The van der Waals surface area contributed by atoms with Crippen LogP contribution < -0.4 is 28.6 Å². The van der Waals surface area contributed by atoms with Crippen molar-refractivity contribution in [1.29, 1.82) is 0 Å². The van der Waals surface area contributed by atoms with Crippen LogP contribution in [0, 0.1) is 0 Å². The normalized spacial score (nSPS) is 7.50. The Morgan fingerprint density at radius 3 is 1.38 bits per heavy atom. The summed E-state index contributed by atoms with van der Waals surface area (Å²) in [5, 5.41) is 0. The zero-order chi connectivity index (χ0) is 4.50. The van der Waals surface area contributed by atoms with Crippen molar-refractivity contribution in [2.75, 3.05) is 0 Å². The summed E-state index contributed by atoms with van der Waals surface area (Å²) < 4.78 is 8.99. The van der Waals surface area contributed by atoms with Gasteiger partial charge in [-0.3, -0.25) is 0 Å². The molecule has 0 N–H and O–H groups in total. The molecule has 47 valence electrons. The quantitative estimate of drug-likeness (QED) is 0.322. The number of hydrogen-bond acceptors (Lipinski definition) is 3. The van der Waals surface area contributed by atoms with Crippen molar-refractivity contribution in [3.8, 4) is 0 Å². The molecule has 1 radical (unpaired) electrons. The molecule has 0 fully saturated rings. The molecule has 0 amide bonds. The monoisotopic (exact) mass is 253 g/mol. The zero-order valence-electron chi connectivity index (χ0n) is 3.76. The number of rotatable bonds is 0. The summed E-state index contributed by atoms with van der Waals surface area (Å²) in [6.45, 7) is 0. The summed E-state index contributed by atoms with van der Waals surface area (Å²) in [5.41, 5.74) is 0. The average Bonchev–Trinajstić information content (AvgIpc) is 0.722. The molecule has 0 aliphatic rings. The summed E-state index contributed by atoms with van der Waals surface area (Å²) in [5.74, 6) is 0. The van der Waals surface area contributed by atoms with Crippen LogP contribution >= 0.6 is 6.29 Å². The molecule has 0 spiro atoms. The van der Waals surface area contributed by atoms with Crippen molar-refractivity contribution in [3.05, 3.63) is 0 Å². The Hall–Kier alpha value is 2.31. The molecule has 0 heterocycles. The van der Waals surface area contributed by atoms with Gasteiger partial charge in [0.05, 0.1) is 0 Å². The smallest absolute Gasteiger partial charge is 0 e. The van der Waals surface area contributed by atoms with Gasteiger partial charge in [-0.15, -0.1) is 0 Å². The Balaban J connectivity index is -0.0000000267. The van der Waals surface area contributed by atoms with E-state index in [2.05, 4.69) is 15.6 Å². The molecule has 3 nitrogen and oxygen atoms in total. The van der Waals surface area contributed by atoms with Gasteiger partial charge in [0.1, 0.15) is 0 Å². The summed E-state index contributed by atoms with van der Waals surface area (Å²) in [6, 6.07) is 0. The first kappa shape index (κ1) is 22.4. The van der Waals surface area contributed by atoms with Gasteiger partial charge in [-0.05, 0) is 0 Å². The standard InChI is InChI=1S/2Fe.Li.Mn.HO3P/c;;;;1-4(2)3/h;;;;(H,1,2,3)/q;-2;+1;+2;/p-1. The molecule has 0 aliphatic heterocycles.